The summed E-state index contributed by atoms with van der Waals surface area (Å²) in [5.41, 5.74) is 2.68. The Labute approximate surface area is 157 Å². The van der Waals surface area contributed by atoms with Crippen LogP contribution in [0.4, 0.5) is 0 Å². The molecular weight excluding hydrogens is 346 g/mol. The highest BCUT2D eigenvalue weighted by Crippen LogP contribution is 2.32. The van der Waals surface area contributed by atoms with Crippen molar-refractivity contribution in [1.82, 2.24) is 4.90 Å². The Hall–Kier alpha value is -2.14. The minimum atomic E-state index is -0.862. The molecule has 0 unspecified atom stereocenters. The molecule has 1 aliphatic carbocycles. The number of rotatable bonds is 4. The number of thiophene rings is 1. The number of piperidine rings is 1. The molecule has 1 saturated heterocycles. The van der Waals surface area contributed by atoms with Crippen LogP contribution in [-0.2, 0) is 19.3 Å². The Balaban J connectivity index is 1.37. The number of hydrogen-bond donors (Lipinski definition) is 1. The maximum atomic E-state index is 12.8. The number of nitrogens with zero attached hydrogens (tertiary/aromatic N) is 1. The number of hydrogen-bond acceptors (Lipinski definition) is 3. The zero-order valence-corrected chi connectivity index (χ0v) is 15.6. The van der Waals surface area contributed by atoms with Gasteiger partial charge in [0, 0.05) is 18.0 Å². The predicted octanol–water partition coefficient (Wildman–Crippen LogP) is 4.03. The minimum Gasteiger partial charge on any atom is -0.478 e. The van der Waals surface area contributed by atoms with Crippen molar-refractivity contribution in [2.24, 2.45) is 5.92 Å². The molecule has 1 amide bonds. The number of aromatic carboxylic acids is 1. The van der Waals surface area contributed by atoms with Gasteiger partial charge in [-0.2, -0.15) is 0 Å². The fourth-order valence-corrected chi connectivity index (χ4v) is 5.37. The molecule has 0 bridgehead atoms. The van der Waals surface area contributed by atoms with Gasteiger partial charge in [-0.05, 0) is 67.7 Å². The third-order valence-electron chi connectivity index (χ3n) is 5.62. The molecule has 0 spiro atoms. The van der Waals surface area contributed by atoms with E-state index in [2.05, 4.69) is 6.07 Å². The van der Waals surface area contributed by atoms with Crippen molar-refractivity contribution < 1.29 is 14.7 Å². The van der Waals surface area contributed by atoms with Crippen LogP contribution in [-0.4, -0.2) is 35.0 Å². The van der Waals surface area contributed by atoms with Gasteiger partial charge in [0.05, 0.1) is 10.4 Å². The number of carboxylic acid groups (broad SMARTS) is 1. The number of aryl methyl sites for hydroxylation is 2. The molecule has 0 radical (unpaired) electrons. The zero-order chi connectivity index (χ0) is 18.1. The fourth-order valence-electron chi connectivity index (χ4n) is 4.15. The van der Waals surface area contributed by atoms with Crippen LogP contribution in [0.15, 0.2) is 30.3 Å². The first kappa shape index (κ1) is 17.3. The summed E-state index contributed by atoms with van der Waals surface area (Å²) in [6.45, 7) is 1.53. The van der Waals surface area contributed by atoms with Crippen LogP contribution in [0.1, 0.15) is 55.3 Å². The van der Waals surface area contributed by atoms with E-state index in [9.17, 15) is 14.7 Å². The van der Waals surface area contributed by atoms with Crippen LogP contribution in [0.3, 0.4) is 0 Å². The van der Waals surface area contributed by atoms with Crippen LogP contribution < -0.4 is 0 Å². The molecule has 2 aliphatic rings. The quantitative estimate of drug-likeness (QED) is 0.885. The largest absolute Gasteiger partial charge is 0.478 e. The van der Waals surface area contributed by atoms with Crippen LogP contribution in [0.5, 0.6) is 0 Å². The van der Waals surface area contributed by atoms with Crippen molar-refractivity contribution >= 4 is 23.2 Å². The summed E-state index contributed by atoms with van der Waals surface area (Å²) < 4.78 is 0. The number of carbonyl (C=O) groups is 2. The van der Waals surface area contributed by atoms with Crippen LogP contribution in [0.2, 0.25) is 0 Å². The van der Waals surface area contributed by atoms with Gasteiger partial charge in [-0.15, -0.1) is 11.3 Å². The molecule has 5 heteroatoms. The topological polar surface area (TPSA) is 57.6 Å². The van der Waals surface area contributed by atoms with E-state index in [0.29, 0.717) is 11.5 Å². The monoisotopic (exact) mass is 369 g/mol. The summed E-state index contributed by atoms with van der Waals surface area (Å²) in [5.74, 6) is -0.249. The lowest BCUT2D eigenvalue weighted by Gasteiger charge is -2.32. The molecule has 26 heavy (non-hydrogen) atoms. The van der Waals surface area contributed by atoms with Crippen LogP contribution >= 0.6 is 11.3 Å². The number of benzene rings is 1. The molecule has 1 aromatic carbocycles. The van der Waals surface area contributed by atoms with E-state index >= 15 is 0 Å². The Morgan fingerprint density at radius 3 is 2.65 bits per heavy atom. The summed E-state index contributed by atoms with van der Waals surface area (Å²) in [7, 11) is 0. The van der Waals surface area contributed by atoms with Gasteiger partial charge in [0.15, 0.2) is 0 Å². The smallest absolute Gasteiger partial charge is 0.335 e. The Morgan fingerprint density at radius 2 is 1.92 bits per heavy atom. The highest BCUT2D eigenvalue weighted by Gasteiger charge is 2.27. The van der Waals surface area contributed by atoms with Crippen molar-refractivity contribution in [2.45, 2.75) is 38.5 Å². The molecule has 1 fully saturated rings. The lowest BCUT2D eigenvalue weighted by molar-refractivity contribution is 0.0694. The molecule has 1 aromatic heterocycles. The second-order valence-electron chi connectivity index (χ2n) is 7.31. The van der Waals surface area contributed by atoms with E-state index in [-0.39, 0.29) is 5.91 Å². The average Bonchev–Trinajstić information content (AvgIpc) is 3.24. The van der Waals surface area contributed by atoms with Gasteiger partial charge < -0.3 is 10.0 Å². The summed E-state index contributed by atoms with van der Waals surface area (Å²) in [6, 6.07) is 9.36. The average molecular weight is 369 g/mol. The van der Waals surface area contributed by atoms with E-state index in [1.54, 1.807) is 23.5 Å². The van der Waals surface area contributed by atoms with E-state index < -0.39 is 5.97 Å². The van der Waals surface area contributed by atoms with E-state index in [1.807, 2.05) is 17.0 Å². The van der Waals surface area contributed by atoms with E-state index in [4.69, 9.17) is 0 Å². The maximum Gasteiger partial charge on any atom is 0.335 e. The van der Waals surface area contributed by atoms with E-state index in [0.717, 1.165) is 55.6 Å². The first-order valence-electron chi connectivity index (χ1n) is 9.34. The Kier molecular flexibility index (Phi) is 4.81. The highest BCUT2D eigenvalue weighted by molar-refractivity contribution is 7.14. The van der Waals surface area contributed by atoms with Crippen LogP contribution in [0.25, 0.3) is 0 Å². The fraction of sp³-hybridized carbons (Fsp3) is 0.429. The lowest BCUT2D eigenvalue weighted by atomic mass is 9.88. The van der Waals surface area contributed by atoms with Gasteiger partial charge in [0.2, 0.25) is 0 Å². The molecule has 0 atom stereocenters. The predicted molar refractivity (Wildman–Crippen MR) is 102 cm³/mol. The molecule has 1 N–H and O–H groups in total. The molecule has 136 valence electrons. The van der Waals surface area contributed by atoms with Crippen molar-refractivity contribution in [3.8, 4) is 0 Å². The highest BCUT2D eigenvalue weighted by atomic mass is 32.1. The van der Waals surface area contributed by atoms with Gasteiger partial charge in [0.25, 0.3) is 5.91 Å². The van der Waals surface area contributed by atoms with Crippen molar-refractivity contribution in [3.05, 3.63) is 56.8 Å². The van der Waals surface area contributed by atoms with Gasteiger partial charge in [0.1, 0.15) is 0 Å². The second kappa shape index (κ2) is 7.23. The first-order valence-corrected chi connectivity index (χ1v) is 10.2. The number of carboxylic acids is 1. The summed E-state index contributed by atoms with van der Waals surface area (Å²) in [4.78, 5) is 28.4. The molecule has 0 saturated carbocycles. The number of likely N-dealkylation sites (tertiary alicyclic amines) is 1. The number of amides is 1. The summed E-state index contributed by atoms with van der Waals surface area (Å²) in [6.07, 6.45) is 6.11. The Morgan fingerprint density at radius 1 is 1.15 bits per heavy atom. The molecule has 2 heterocycles. The maximum absolute atomic E-state index is 12.8. The molecule has 4 rings (SSSR count). The first-order chi connectivity index (χ1) is 12.6. The molecular formula is C21H23NO3S. The number of carbonyl (C=O) groups excluding carboxylic acids is 1. The van der Waals surface area contributed by atoms with Gasteiger partial charge in [-0.3, -0.25) is 4.79 Å². The minimum absolute atomic E-state index is 0.175. The standard InChI is InChI=1S/C21H23NO3S/c23-20(19-13-16-5-3-7-18(16)26-19)22-10-8-14(9-11-22)12-15-4-1-2-6-17(15)21(24)25/h1-2,4,6,13-14H,3,5,7-12H2,(H,24,25). The van der Waals surface area contributed by atoms with Crippen molar-refractivity contribution in [2.75, 3.05) is 13.1 Å². The van der Waals surface area contributed by atoms with Crippen LogP contribution in [0, 0.1) is 5.92 Å². The third-order valence-corrected chi connectivity index (χ3v) is 6.84. The van der Waals surface area contributed by atoms with Crippen molar-refractivity contribution in [3.63, 3.8) is 0 Å². The third kappa shape index (κ3) is 3.40. The summed E-state index contributed by atoms with van der Waals surface area (Å²) in [5, 5.41) is 9.33. The zero-order valence-electron chi connectivity index (χ0n) is 14.7. The normalized spacial score (nSPS) is 17.3. The summed E-state index contributed by atoms with van der Waals surface area (Å²) >= 11 is 1.68. The van der Waals surface area contributed by atoms with Crippen molar-refractivity contribution in [1.29, 1.82) is 0 Å². The SMILES string of the molecule is O=C(O)c1ccccc1CC1CCN(C(=O)c2cc3c(s2)CCC3)CC1. The van der Waals surface area contributed by atoms with E-state index in [1.165, 1.54) is 16.9 Å². The van der Waals surface area contributed by atoms with Gasteiger partial charge in [-0.25, -0.2) is 4.79 Å². The molecule has 2 aromatic rings. The molecule has 1 aliphatic heterocycles. The van der Waals surface area contributed by atoms with Gasteiger partial charge >= 0.3 is 5.97 Å². The number of fused-ring (bicyclic) bond motifs is 1. The molecule has 4 nitrogen and oxygen atoms in total. The second-order valence-corrected chi connectivity index (χ2v) is 8.45. The van der Waals surface area contributed by atoms with Gasteiger partial charge in [-0.1, -0.05) is 18.2 Å². The Bertz CT molecular complexity index is 812. The lowest BCUT2D eigenvalue weighted by Crippen LogP contribution is -2.38.